The maximum absolute atomic E-state index is 12.9. The molecule has 1 aliphatic heterocycles. The number of rotatable bonds is 4. The maximum Gasteiger partial charge on any atom is 0.227 e. The smallest absolute Gasteiger partial charge is 0.227 e. The number of fused-ring (bicyclic) bond motifs is 1. The minimum Gasteiger partial charge on any atom is -0.345 e. The van der Waals surface area contributed by atoms with E-state index in [1.807, 2.05) is 30.9 Å². The molecule has 2 amide bonds. The summed E-state index contributed by atoms with van der Waals surface area (Å²) in [7, 11) is 0. The average molecular weight is 427 g/mol. The molecule has 6 nitrogen and oxygen atoms in total. The Morgan fingerprint density at radius 2 is 1.97 bits per heavy atom. The number of benzene rings is 1. The lowest BCUT2D eigenvalue weighted by Crippen LogP contribution is -2.48. The highest BCUT2D eigenvalue weighted by molar-refractivity contribution is 7.15. The number of anilines is 2. The number of thiazole rings is 1. The Morgan fingerprint density at radius 3 is 2.70 bits per heavy atom. The van der Waals surface area contributed by atoms with Crippen LogP contribution in [0.25, 0.3) is 0 Å². The van der Waals surface area contributed by atoms with Crippen molar-refractivity contribution in [1.29, 1.82) is 0 Å². The van der Waals surface area contributed by atoms with Gasteiger partial charge in [-0.2, -0.15) is 0 Å². The van der Waals surface area contributed by atoms with Crippen LogP contribution in [0.2, 0.25) is 0 Å². The number of hydrogen-bond donors (Lipinski definition) is 1. The molecule has 4 rings (SSSR count). The Hall–Kier alpha value is -2.41. The van der Waals surface area contributed by atoms with Crippen LogP contribution in [0.5, 0.6) is 0 Å². The van der Waals surface area contributed by atoms with Crippen LogP contribution >= 0.6 is 11.3 Å². The largest absolute Gasteiger partial charge is 0.345 e. The lowest BCUT2D eigenvalue weighted by Gasteiger charge is -2.34. The van der Waals surface area contributed by atoms with Crippen molar-refractivity contribution in [2.75, 3.05) is 36.4 Å². The summed E-state index contributed by atoms with van der Waals surface area (Å²) in [6.07, 6.45) is 3.02. The molecule has 1 aliphatic carbocycles. The van der Waals surface area contributed by atoms with E-state index >= 15 is 0 Å². The summed E-state index contributed by atoms with van der Waals surface area (Å²) < 4.78 is 0. The predicted octanol–water partition coefficient (Wildman–Crippen LogP) is 3.56. The molecule has 1 saturated heterocycles. The van der Waals surface area contributed by atoms with Crippen LogP contribution in [0, 0.1) is 19.8 Å². The van der Waals surface area contributed by atoms with Crippen LogP contribution in [-0.2, 0) is 22.4 Å². The van der Waals surface area contributed by atoms with Crippen LogP contribution in [0.4, 0.5) is 10.8 Å². The SMILES string of the molecule is CCC(=O)N1CCN(c2nc3c(s2)C[C@@H](C(=O)Nc2cccc(C)c2C)CC3)CC1. The van der Waals surface area contributed by atoms with Gasteiger partial charge in [0.15, 0.2) is 5.13 Å². The average Bonchev–Trinajstić information content (AvgIpc) is 3.20. The quantitative estimate of drug-likeness (QED) is 0.812. The second-order valence-corrected chi connectivity index (χ2v) is 9.33. The summed E-state index contributed by atoms with van der Waals surface area (Å²) in [4.78, 5) is 35.1. The Bertz CT molecular complexity index is 947. The molecule has 30 heavy (non-hydrogen) atoms. The Balaban J connectivity index is 1.39. The minimum atomic E-state index is -0.00950. The van der Waals surface area contributed by atoms with Gasteiger partial charge in [0.05, 0.1) is 5.69 Å². The van der Waals surface area contributed by atoms with Crippen LogP contribution in [0.1, 0.15) is 41.5 Å². The number of carbonyl (C=O) groups excluding carboxylic acids is 2. The van der Waals surface area contributed by atoms with E-state index in [0.717, 1.165) is 67.5 Å². The molecule has 0 spiro atoms. The third kappa shape index (κ3) is 4.21. The molecule has 1 fully saturated rings. The fourth-order valence-corrected chi connectivity index (χ4v) is 5.45. The van der Waals surface area contributed by atoms with Gasteiger partial charge in [0.1, 0.15) is 0 Å². The molecule has 1 N–H and O–H groups in total. The molecule has 1 aromatic heterocycles. The minimum absolute atomic E-state index is 0.00950. The number of aryl methyl sites for hydroxylation is 2. The number of nitrogens with one attached hydrogen (secondary N) is 1. The van der Waals surface area contributed by atoms with Gasteiger partial charge in [-0.15, -0.1) is 11.3 Å². The number of aromatic nitrogens is 1. The predicted molar refractivity (Wildman–Crippen MR) is 121 cm³/mol. The zero-order valence-corrected chi connectivity index (χ0v) is 18.8. The molecule has 1 atom stereocenters. The Kier molecular flexibility index (Phi) is 6.09. The van der Waals surface area contributed by atoms with Gasteiger partial charge in [-0.3, -0.25) is 9.59 Å². The second-order valence-electron chi connectivity index (χ2n) is 8.26. The third-order valence-corrected chi connectivity index (χ3v) is 7.55. The van der Waals surface area contributed by atoms with Crippen LogP contribution < -0.4 is 10.2 Å². The molecule has 0 bridgehead atoms. The molecule has 1 aromatic carbocycles. The van der Waals surface area contributed by atoms with Crippen molar-refractivity contribution in [3.05, 3.63) is 39.9 Å². The van der Waals surface area contributed by atoms with E-state index < -0.39 is 0 Å². The maximum atomic E-state index is 12.9. The topological polar surface area (TPSA) is 65.5 Å². The summed E-state index contributed by atoms with van der Waals surface area (Å²) >= 11 is 1.72. The fraction of sp³-hybridized carbons (Fsp3) is 0.522. The van der Waals surface area contributed by atoms with E-state index in [-0.39, 0.29) is 17.7 Å². The monoisotopic (exact) mass is 426 g/mol. The normalized spacial score (nSPS) is 18.8. The Morgan fingerprint density at radius 1 is 1.20 bits per heavy atom. The molecule has 0 unspecified atom stereocenters. The molecule has 160 valence electrons. The van der Waals surface area contributed by atoms with Crippen molar-refractivity contribution in [2.24, 2.45) is 5.92 Å². The van der Waals surface area contributed by atoms with E-state index in [2.05, 4.69) is 23.2 Å². The standard InChI is InChI=1S/C23H30N4O2S/c1-4-21(28)26-10-12-27(13-11-26)23-25-19-9-8-17(14-20(19)30-23)22(29)24-18-7-5-6-15(2)16(18)3/h5-7,17H,4,8-14H2,1-3H3,(H,24,29)/t17-/m0/s1. The van der Waals surface area contributed by atoms with Gasteiger partial charge in [0, 0.05) is 49.1 Å². The highest BCUT2D eigenvalue weighted by Gasteiger charge is 2.30. The van der Waals surface area contributed by atoms with Crippen molar-refractivity contribution in [1.82, 2.24) is 9.88 Å². The summed E-state index contributed by atoms with van der Waals surface area (Å²) in [5.41, 5.74) is 4.38. The molecule has 2 aromatic rings. The van der Waals surface area contributed by atoms with Crippen molar-refractivity contribution in [2.45, 2.75) is 46.5 Å². The highest BCUT2D eigenvalue weighted by atomic mass is 32.1. The molecule has 0 saturated carbocycles. The van der Waals surface area contributed by atoms with Gasteiger partial charge in [-0.1, -0.05) is 19.1 Å². The fourth-order valence-electron chi connectivity index (χ4n) is 4.21. The number of carbonyl (C=O) groups is 2. The van der Waals surface area contributed by atoms with Gasteiger partial charge >= 0.3 is 0 Å². The van der Waals surface area contributed by atoms with Gasteiger partial charge in [0.2, 0.25) is 11.8 Å². The lowest BCUT2D eigenvalue weighted by molar-refractivity contribution is -0.131. The van der Waals surface area contributed by atoms with Crippen molar-refractivity contribution in [3.63, 3.8) is 0 Å². The summed E-state index contributed by atoms with van der Waals surface area (Å²) in [5, 5.41) is 4.18. The first-order chi connectivity index (χ1) is 14.5. The van der Waals surface area contributed by atoms with E-state index in [0.29, 0.717) is 6.42 Å². The van der Waals surface area contributed by atoms with Gasteiger partial charge in [0.25, 0.3) is 0 Å². The highest BCUT2D eigenvalue weighted by Crippen LogP contribution is 2.35. The van der Waals surface area contributed by atoms with Crippen LogP contribution in [-0.4, -0.2) is 47.9 Å². The van der Waals surface area contributed by atoms with E-state index in [9.17, 15) is 9.59 Å². The van der Waals surface area contributed by atoms with Crippen LogP contribution in [0.15, 0.2) is 18.2 Å². The molecule has 2 aliphatic rings. The zero-order chi connectivity index (χ0) is 21.3. The van der Waals surface area contributed by atoms with E-state index in [1.165, 1.54) is 10.4 Å². The summed E-state index contributed by atoms with van der Waals surface area (Å²) in [6, 6.07) is 6.02. The number of amides is 2. The third-order valence-electron chi connectivity index (χ3n) is 6.37. The summed E-state index contributed by atoms with van der Waals surface area (Å²) in [5.74, 6) is 0.325. The first kappa shape index (κ1) is 20.8. The molecular weight excluding hydrogens is 396 g/mol. The molecule has 7 heteroatoms. The molecule has 0 radical (unpaired) electrons. The van der Waals surface area contributed by atoms with Crippen molar-refractivity contribution in [3.8, 4) is 0 Å². The van der Waals surface area contributed by atoms with Crippen molar-refractivity contribution >= 4 is 34.0 Å². The second kappa shape index (κ2) is 8.76. The summed E-state index contributed by atoms with van der Waals surface area (Å²) in [6.45, 7) is 9.21. The molecular formula is C23H30N4O2S. The van der Waals surface area contributed by atoms with Crippen molar-refractivity contribution < 1.29 is 9.59 Å². The first-order valence-electron chi connectivity index (χ1n) is 10.8. The van der Waals surface area contributed by atoms with Gasteiger partial charge in [-0.05, 0) is 50.3 Å². The number of hydrogen-bond acceptors (Lipinski definition) is 5. The van der Waals surface area contributed by atoms with Crippen LogP contribution in [0.3, 0.4) is 0 Å². The van der Waals surface area contributed by atoms with E-state index in [4.69, 9.17) is 4.98 Å². The number of piperazine rings is 1. The first-order valence-corrected chi connectivity index (χ1v) is 11.7. The van der Waals surface area contributed by atoms with Gasteiger partial charge < -0.3 is 15.1 Å². The van der Waals surface area contributed by atoms with Gasteiger partial charge in [-0.25, -0.2) is 4.98 Å². The van der Waals surface area contributed by atoms with E-state index in [1.54, 1.807) is 11.3 Å². The Labute approximate surface area is 182 Å². The number of nitrogens with zero attached hydrogens (tertiary/aromatic N) is 3. The molecule has 2 heterocycles. The lowest BCUT2D eigenvalue weighted by atomic mass is 9.90. The zero-order valence-electron chi connectivity index (χ0n) is 18.0.